The van der Waals surface area contributed by atoms with Gasteiger partial charge in [0.25, 0.3) is 0 Å². The number of pyridine rings is 1. The summed E-state index contributed by atoms with van der Waals surface area (Å²) in [6, 6.07) is 11.3. The highest BCUT2D eigenvalue weighted by Gasteiger charge is 2.18. The number of rotatable bonds is 6. The molecular weight excluding hydrogens is 368 g/mol. The van der Waals surface area contributed by atoms with Gasteiger partial charge >= 0.3 is 11.8 Å². The third-order valence-electron chi connectivity index (χ3n) is 5.10. The summed E-state index contributed by atoms with van der Waals surface area (Å²) in [7, 11) is 1.51. The van der Waals surface area contributed by atoms with E-state index in [0.29, 0.717) is 24.0 Å². The molecular formula is C22H28N4O3. The number of carbonyl (C=O) groups excluding carboxylic acids is 2. The minimum absolute atomic E-state index is 0.312. The molecule has 1 atom stereocenters. The van der Waals surface area contributed by atoms with Crippen molar-refractivity contribution in [3.63, 3.8) is 0 Å². The van der Waals surface area contributed by atoms with Gasteiger partial charge < -0.3 is 15.4 Å². The van der Waals surface area contributed by atoms with Gasteiger partial charge in [0, 0.05) is 25.7 Å². The second kappa shape index (κ2) is 10.0. The monoisotopic (exact) mass is 396 g/mol. The van der Waals surface area contributed by atoms with E-state index in [2.05, 4.69) is 33.5 Å². The number of benzene rings is 1. The van der Waals surface area contributed by atoms with Gasteiger partial charge in [0.05, 0.1) is 19.0 Å². The fraction of sp³-hybridized carbons (Fsp3) is 0.409. The van der Waals surface area contributed by atoms with E-state index in [9.17, 15) is 9.59 Å². The summed E-state index contributed by atoms with van der Waals surface area (Å²) in [4.78, 5) is 30.8. The number of nitrogens with zero attached hydrogens (tertiary/aromatic N) is 2. The normalized spacial score (nSPS) is 16.8. The van der Waals surface area contributed by atoms with Gasteiger partial charge in [-0.1, -0.05) is 31.2 Å². The van der Waals surface area contributed by atoms with Gasteiger partial charge in [0.1, 0.15) is 0 Å². The first kappa shape index (κ1) is 20.8. The molecule has 0 spiro atoms. The van der Waals surface area contributed by atoms with Gasteiger partial charge in [-0.2, -0.15) is 0 Å². The fourth-order valence-corrected chi connectivity index (χ4v) is 3.57. The van der Waals surface area contributed by atoms with Gasteiger partial charge in [-0.25, -0.2) is 4.98 Å². The van der Waals surface area contributed by atoms with Crippen LogP contribution in [0.4, 0.5) is 5.69 Å². The van der Waals surface area contributed by atoms with Crippen molar-refractivity contribution in [1.82, 2.24) is 15.2 Å². The summed E-state index contributed by atoms with van der Waals surface area (Å²) in [5.41, 5.74) is 2.64. The molecule has 2 amide bonds. The van der Waals surface area contributed by atoms with Gasteiger partial charge in [-0.3, -0.25) is 14.5 Å². The molecule has 1 unspecified atom stereocenters. The van der Waals surface area contributed by atoms with Crippen LogP contribution in [-0.4, -0.2) is 41.9 Å². The first-order valence-corrected chi connectivity index (χ1v) is 9.93. The Morgan fingerprint density at radius 3 is 2.66 bits per heavy atom. The number of hydrogen-bond acceptors (Lipinski definition) is 5. The lowest BCUT2D eigenvalue weighted by Gasteiger charge is -2.31. The number of likely N-dealkylation sites (tertiary alicyclic amines) is 1. The number of hydrogen-bond donors (Lipinski definition) is 2. The van der Waals surface area contributed by atoms with E-state index in [4.69, 9.17) is 4.74 Å². The summed E-state index contributed by atoms with van der Waals surface area (Å²) in [6.45, 7) is 5.66. The Kier molecular flexibility index (Phi) is 7.19. The minimum Gasteiger partial charge on any atom is -0.481 e. The molecule has 0 bridgehead atoms. The lowest BCUT2D eigenvalue weighted by atomic mass is 9.99. The number of anilines is 1. The van der Waals surface area contributed by atoms with Crippen molar-refractivity contribution in [3.05, 3.63) is 53.7 Å². The first-order chi connectivity index (χ1) is 14.0. The predicted octanol–water partition coefficient (Wildman–Crippen LogP) is 2.58. The zero-order valence-corrected chi connectivity index (χ0v) is 17.0. The van der Waals surface area contributed by atoms with E-state index in [1.54, 1.807) is 12.1 Å². The third-order valence-corrected chi connectivity index (χ3v) is 5.10. The number of nitrogens with one attached hydrogen (secondary N) is 2. The van der Waals surface area contributed by atoms with Gasteiger partial charge in [-0.05, 0) is 42.5 Å². The van der Waals surface area contributed by atoms with E-state index in [1.165, 1.54) is 31.7 Å². The zero-order chi connectivity index (χ0) is 20.6. The SMILES string of the molecule is COc1ccc(NC(=O)C(=O)NCc2ccccc2CN2CCCC(C)C2)cn1. The summed E-state index contributed by atoms with van der Waals surface area (Å²) in [5, 5.41) is 5.25. The van der Waals surface area contributed by atoms with Crippen LogP contribution in [-0.2, 0) is 22.7 Å². The highest BCUT2D eigenvalue weighted by atomic mass is 16.5. The molecule has 29 heavy (non-hydrogen) atoms. The maximum absolute atomic E-state index is 12.2. The number of carbonyl (C=O) groups is 2. The van der Waals surface area contributed by atoms with Crippen LogP contribution in [0.5, 0.6) is 5.88 Å². The van der Waals surface area contributed by atoms with Gasteiger partial charge in [0.15, 0.2) is 0 Å². The van der Waals surface area contributed by atoms with Crippen LogP contribution in [0.3, 0.4) is 0 Å². The number of amides is 2. The summed E-state index contributed by atoms with van der Waals surface area (Å²) in [6.07, 6.45) is 3.95. The maximum Gasteiger partial charge on any atom is 0.313 e. The number of aromatic nitrogens is 1. The minimum atomic E-state index is -0.723. The largest absolute Gasteiger partial charge is 0.481 e. The van der Waals surface area contributed by atoms with E-state index < -0.39 is 11.8 Å². The molecule has 7 heteroatoms. The molecule has 2 aromatic rings. The zero-order valence-electron chi connectivity index (χ0n) is 17.0. The Morgan fingerprint density at radius 1 is 1.17 bits per heavy atom. The van der Waals surface area contributed by atoms with Crippen molar-refractivity contribution >= 4 is 17.5 Å². The lowest BCUT2D eigenvalue weighted by molar-refractivity contribution is -0.136. The highest BCUT2D eigenvalue weighted by molar-refractivity contribution is 6.39. The van der Waals surface area contributed by atoms with Crippen LogP contribution < -0.4 is 15.4 Å². The van der Waals surface area contributed by atoms with Crippen molar-refractivity contribution in [2.45, 2.75) is 32.9 Å². The predicted molar refractivity (Wildman–Crippen MR) is 111 cm³/mol. The second-order valence-electron chi connectivity index (χ2n) is 7.48. The molecule has 1 aromatic heterocycles. The van der Waals surface area contributed by atoms with Crippen LogP contribution in [0, 0.1) is 5.92 Å². The van der Waals surface area contributed by atoms with Crippen LogP contribution in [0.15, 0.2) is 42.6 Å². The van der Waals surface area contributed by atoms with Gasteiger partial charge in [0.2, 0.25) is 5.88 Å². The van der Waals surface area contributed by atoms with Crippen molar-refractivity contribution in [1.29, 1.82) is 0 Å². The lowest BCUT2D eigenvalue weighted by Crippen LogP contribution is -2.36. The standard InChI is InChI=1S/C22H28N4O3/c1-16-6-5-11-26(14-16)15-18-8-4-3-7-17(18)12-24-21(27)22(28)25-19-9-10-20(29-2)23-13-19/h3-4,7-10,13,16H,5-6,11-12,14-15H2,1-2H3,(H,24,27)(H,25,28). The average Bonchev–Trinajstić information content (AvgIpc) is 2.73. The molecule has 0 aliphatic carbocycles. The van der Waals surface area contributed by atoms with Crippen molar-refractivity contribution in [2.75, 3.05) is 25.5 Å². The molecule has 3 rings (SSSR count). The van der Waals surface area contributed by atoms with Crippen LogP contribution in [0.1, 0.15) is 30.9 Å². The molecule has 1 saturated heterocycles. The molecule has 7 nitrogen and oxygen atoms in total. The van der Waals surface area contributed by atoms with Crippen LogP contribution in [0.2, 0.25) is 0 Å². The molecule has 2 N–H and O–H groups in total. The number of piperidine rings is 1. The topological polar surface area (TPSA) is 83.6 Å². The molecule has 154 valence electrons. The Labute approximate surface area is 171 Å². The van der Waals surface area contributed by atoms with E-state index >= 15 is 0 Å². The molecule has 0 radical (unpaired) electrons. The average molecular weight is 396 g/mol. The molecule has 0 saturated carbocycles. The summed E-state index contributed by atoms with van der Waals surface area (Å²) in [5.74, 6) is -0.250. The fourth-order valence-electron chi connectivity index (χ4n) is 3.57. The Balaban J connectivity index is 1.54. The highest BCUT2D eigenvalue weighted by Crippen LogP contribution is 2.19. The van der Waals surface area contributed by atoms with E-state index in [-0.39, 0.29) is 0 Å². The first-order valence-electron chi connectivity index (χ1n) is 9.93. The molecule has 2 heterocycles. The van der Waals surface area contributed by atoms with Crippen LogP contribution >= 0.6 is 0 Å². The van der Waals surface area contributed by atoms with Crippen molar-refractivity contribution in [3.8, 4) is 5.88 Å². The molecule has 1 aliphatic heterocycles. The van der Waals surface area contributed by atoms with Crippen molar-refractivity contribution in [2.24, 2.45) is 5.92 Å². The molecule has 1 aromatic carbocycles. The Hall–Kier alpha value is -2.93. The number of methoxy groups -OCH3 is 1. The second-order valence-corrected chi connectivity index (χ2v) is 7.48. The molecule has 1 fully saturated rings. The summed E-state index contributed by atoms with van der Waals surface area (Å²) >= 11 is 0. The van der Waals surface area contributed by atoms with Gasteiger partial charge in [-0.15, -0.1) is 0 Å². The Bertz CT molecular complexity index is 838. The maximum atomic E-state index is 12.2. The smallest absolute Gasteiger partial charge is 0.313 e. The van der Waals surface area contributed by atoms with Crippen LogP contribution in [0.25, 0.3) is 0 Å². The van der Waals surface area contributed by atoms with E-state index in [0.717, 1.165) is 25.2 Å². The quantitative estimate of drug-likeness (QED) is 0.734. The summed E-state index contributed by atoms with van der Waals surface area (Å²) < 4.78 is 4.97. The Morgan fingerprint density at radius 2 is 1.97 bits per heavy atom. The molecule has 1 aliphatic rings. The third kappa shape index (κ3) is 6.02. The number of ether oxygens (including phenoxy) is 1. The van der Waals surface area contributed by atoms with E-state index in [1.807, 2.05) is 18.2 Å². The van der Waals surface area contributed by atoms with Crippen molar-refractivity contribution < 1.29 is 14.3 Å².